The molecular weight excluding hydrogens is 468 g/mol. The molecule has 0 amide bonds. The highest BCUT2D eigenvalue weighted by molar-refractivity contribution is 7.66. The van der Waals surface area contributed by atoms with Gasteiger partial charge >= 0.3 is 23.5 Å². The van der Waals surface area contributed by atoms with E-state index >= 15 is 0 Å². The maximum Gasteiger partial charge on any atom is 0.490 e. The molecule has 2 heterocycles. The SMILES string of the molecule is Cc1nc([C@@H]2O[C@H](COP(=O)(O)OP(=O)(O)OP(=O)(O)O)C(O)[C@@H]2F)c[nH]c1=O. The second kappa shape index (κ2) is 8.71. The number of aromatic amines is 1. The number of nitrogens with zero attached hydrogens (tertiary/aromatic N) is 1. The van der Waals surface area contributed by atoms with E-state index < -0.39 is 60.1 Å². The fraction of sp³-hybridized carbons (Fsp3) is 0.600. The van der Waals surface area contributed by atoms with Crippen LogP contribution >= 0.6 is 23.5 Å². The maximum atomic E-state index is 14.3. The molecule has 1 fully saturated rings. The molecule has 0 aliphatic carbocycles. The van der Waals surface area contributed by atoms with Gasteiger partial charge in [0.15, 0.2) is 6.17 Å². The number of rotatable bonds is 8. The van der Waals surface area contributed by atoms with Gasteiger partial charge in [0.25, 0.3) is 5.56 Å². The van der Waals surface area contributed by atoms with Gasteiger partial charge < -0.3 is 34.4 Å². The first-order chi connectivity index (χ1) is 13.1. The van der Waals surface area contributed by atoms with Crippen molar-refractivity contribution in [1.82, 2.24) is 9.97 Å². The molecule has 2 rings (SSSR count). The van der Waals surface area contributed by atoms with Crippen LogP contribution < -0.4 is 5.56 Å². The van der Waals surface area contributed by atoms with E-state index in [0.29, 0.717) is 0 Å². The fourth-order valence-electron chi connectivity index (χ4n) is 2.24. The number of aromatic nitrogens is 2. The minimum Gasteiger partial charge on any atom is -0.387 e. The Hall–Kier alpha value is -0.860. The van der Waals surface area contributed by atoms with E-state index in [2.05, 4.69) is 23.1 Å². The molecule has 0 spiro atoms. The Morgan fingerprint density at radius 1 is 1.21 bits per heavy atom. The smallest absolute Gasteiger partial charge is 0.387 e. The number of aryl methyl sites for hydroxylation is 1. The predicted molar refractivity (Wildman–Crippen MR) is 87.9 cm³/mol. The number of aliphatic hydroxyl groups excluding tert-OH is 1. The molecule has 29 heavy (non-hydrogen) atoms. The molecule has 6 atom stereocenters. The van der Waals surface area contributed by atoms with Crippen LogP contribution in [0.25, 0.3) is 0 Å². The number of nitrogens with one attached hydrogen (secondary N) is 1. The van der Waals surface area contributed by atoms with Crippen molar-refractivity contribution in [2.45, 2.75) is 31.4 Å². The Morgan fingerprint density at radius 2 is 1.83 bits per heavy atom. The molecule has 1 aromatic heterocycles. The minimum absolute atomic E-state index is 0.00972. The molecule has 0 aromatic carbocycles. The largest absolute Gasteiger partial charge is 0.490 e. The zero-order valence-corrected chi connectivity index (χ0v) is 16.9. The van der Waals surface area contributed by atoms with Gasteiger partial charge in [-0.05, 0) is 6.92 Å². The Balaban J connectivity index is 2.03. The lowest BCUT2D eigenvalue weighted by atomic mass is 10.1. The van der Waals surface area contributed by atoms with Crippen molar-refractivity contribution in [3.63, 3.8) is 0 Å². The van der Waals surface area contributed by atoms with Crippen LogP contribution in [-0.4, -0.2) is 59.6 Å². The summed E-state index contributed by atoms with van der Waals surface area (Å²) in [6.07, 6.45) is -5.98. The highest BCUT2D eigenvalue weighted by Crippen LogP contribution is 2.66. The number of halogens is 1. The maximum absolute atomic E-state index is 14.3. The molecule has 15 nitrogen and oxygen atoms in total. The summed E-state index contributed by atoms with van der Waals surface area (Å²) < 4.78 is 64.2. The van der Waals surface area contributed by atoms with Crippen LogP contribution in [0.5, 0.6) is 0 Å². The van der Waals surface area contributed by atoms with Gasteiger partial charge in [-0.15, -0.1) is 0 Å². The summed E-state index contributed by atoms with van der Waals surface area (Å²) in [5.41, 5.74) is -0.633. The van der Waals surface area contributed by atoms with Gasteiger partial charge in [0.1, 0.15) is 24.0 Å². The van der Waals surface area contributed by atoms with Gasteiger partial charge in [-0.25, -0.2) is 23.1 Å². The summed E-state index contributed by atoms with van der Waals surface area (Å²) in [5.74, 6) is 0. The number of hydrogen-bond acceptors (Lipinski definition) is 10. The summed E-state index contributed by atoms with van der Waals surface area (Å²) in [4.78, 5) is 52.7. The fourth-order valence-corrected chi connectivity index (χ4v) is 5.27. The second-order valence-electron chi connectivity index (χ2n) is 5.66. The quantitative estimate of drug-likeness (QED) is 0.257. The number of ether oxygens (including phenoxy) is 1. The molecule has 6 N–H and O–H groups in total. The zero-order valence-electron chi connectivity index (χ0n) is 14.3. The van der Waals surface area contributed by atoms with Crippen LogP contribution in [0, 0.1) is 6.92 Å². The highest BCUT2D eigenvalue weighted by atomic mass is 31.3. The Morgan fingerprint density at radius 3 is 2.38 bits per heavy atom. The zero-order chi connectivity index (χ0) is 22.2. The molecule has 1 aliphatic heterocycles. The van der Waals surface area contributed by atoms with Crippen LogP contribution in [0.1, 0.15) is 17.5 Å². The number of H-pyrrole nitrogens is 1. The van der Waals surface area contributed by atoms with E-state index in [4.69, 9.17) is 19.4 Å². The Kier molecular flexibility index (Phi) is 7.33. The summed E-state index contributed by atoms with van der Waals surface area (Å²) in [6.45, 7) is 0.303. The summed E-state index contributed by atoms with van der Waals surface area (Å²) >= 11 is 0. The molecular formula is C10H16FN2O13P3. The second-order valence-corrected chi connectivity index (χ2v) is 10.1. The monoisotopic (exact) mass is 484 g/mol. The van der Waals surface area contributed by atoms with E-state index in [1.807, 2.05) is 0 Å². The van der Waals surface area contributed by atoms with E-state index in [0.717, 1.165) is 6.20 Å². The van der Waals surface area contributed by atoms with Crippen molar-refractivity contribution >= 4 is 23.5 Å². The van der Waals surface area contributed by atoms with Crippen molar-refractivity contribution < 1.29 is 60.6 Å². The van der Waals surface area contributed by atoms with Crippen molar-refractivity contribution in [3.8, 4) is 0 Å². The first kappa shape index (κ1) is 24.4. The van der Waals surface area contributed by atoms with Gasteiger partial charge in [0.2, 0.25) is 0 Å². The van der Waals surface area contributed by atoms with Gasteiger partial charge in [0, 0.05) is 6.20 Å². The van der Waals surface area contributed by atoms with Gasteiger partial charge in [-0.1, -0.05) is 0 Å². The third-order valence-corrected chi connectivity index (χ3v) is 7.21. The Bertz CT molecular complexity index is 949. The van der Waals surface area contributed by atoms with Crippen LogP contribution in [0.3, 0.4) is 0 Å². The molecule has 0 radical (unpaired) electrons. The summed E-state index contributed by atoms with van der Waals surface area (Å²) in [5, 5.41) is 9.87. The predicted octanol–water partition coefficient (Wildman–Crippen LogP) is -0.439. The topological polar surface area (TPSA) is 235 Å². The highest BCUT2D eigenvalue weighted by Gasteiger charge is 2.47. The van der Waals surface area contributed by atoms with E-state index in [1.54, 1.807) is 0 Å². The summed E-state index contributed by atoms with van der Waals surface area (Å²) in [6, 6.07) is 0. The lowest BCUT2D eigenvalue weighted by Crippen LogP contribution is -2.31. The number of phosphoric acid groups is 3. The molecule has 0 bridgehead atoms. The number of phosphoric ester groups is 1. The third kappa shape index (κ3) is 6.82. The number of hydrogen-bond donors (Lipinski definition) is 6. The van der Waals surface area contributed by atoms with Gasteiger partial charge in [-0.2, -0.15) is 8.62 Å². The normalized spacial score (nSPS) is 29.3. The summed E-state index contributed by atoms with van der Waals surface area (Å²) in [7, 11) is -16.7. The lowest BCUT2D eigenvalue weighted by Gasteiger charge is -2.19. The van der Waals surface area contributed by atoms with Crippen molar-refractivity contribution in [3.05, 3.63) is 27.9 Å². The average molecular weight is 484 g/mol. The number of aliphatic hydroxyl groups is 1. The minimum atomic E-state index is -5.72. The molecule has 3 unspecified atom stereocenters. The van der Waals surface area contributed by atoms with Crippen molar-refractivity contribution in [2.75, 3.05) is 6.61 Å². The van der Waals surface area contributed by atoms with Gasteiger partial charge in [0.05, 0.1) is 12.3 Å². The molecule has 166 valence electrons. The first-order valence-electron chi connectivity index (χ1n) is 7.42. The van der Waals surface area contributed by atoms with Gasteiger partial charge in [-0.3, -0.25) is 9.32 Å². The Labute approximate surface area is 160 Å². The van der Waals surface area contributed by atoms with Crippen LogP contribution in [0.15, 0.2) is 11.0 Å². The molecule has 1 aromatic rings. The van der Waals surface area contributed by atoms with Crippen molar-refractivity contribution in [2.24, 2.45) is 0 Å². The molecule has 19 heteroatoms. The molecule has 1 aliphatic rings. The van der Waals surface area contributed by atoms with E-state index in [1.165, 1.54) is 6.92 Å². The lowest BCUT2D eigenvalue weighted by molar-refractivity contribution is -0.0232. The number of alkyl halides is 1. The van der Waals surface area contributed by atoms with Crippen molar-refractivity contribution in [1.29, 1.82) is 0 Å². The molecule has 0 saturated carbocycles. The van der Waals surface area contributed by atoms with Crippen LogP contribution in [-0.2, 0) is 31.6 Å². The standard InChI is InChI=1S/C10H16FN2O13P3/c1-4-10(15)12-2-5(13-4)9-7(11)8(14)6(24-9)3-23-28(19,20)26-29(21,22)25-27(16,17)18/h2,6-9,14H,3H2,1H3,(H,12,15)(H,19,20)(H,21,22)(H2,16,17,18)/t6-,7+,8?,9+/m1/s1. The first-order valence-corrected chi connectivity index (χ1v) is 11.9. The van der Waals surface area contributed by atoms with Crippen LogP contribution in [0.4, 0.5) is 4.39 Å². The van der Waals surface area contributed by atoms with E-state index in [9.17, 15) is 32.9 Å². The van der Waals surface area contributed by atoms with Crippen LogP contribution in [0.2, 0.25) is 0 Å². The van der Waals surface area contributed by atoms with E-state index in [-0.39, 0.29) is 11.4 Å². The molecule has 1 saturated heterocycles. The third-order valence-electron chi connectivity index (χ3n) is 3.40. The average Bonchev–Trinajstić information content (AvgIpc) is 2.80.